The summed E-state index contributed by atoms with van der Waals surface area (Å²) in [6, 6.07) is 7.59. The van der Waals surface area contributed by atoms with E-state index in [1.165, 1.54) is 30.6 Å². The van der Waals surface area contributed by atoms with Gasteiger partial charge < -0.3 is 14.4 Å². The van der Waals surface area contributed by atoms with E-state index in [0.29, 0.717) is 24.0 Å². The standard InChI is InChI=1S/C22H36N2O3/c1-4-5-6-11-16-26-21-15-10-8-13-19(21)23-22(25)27-20-14-9-7-12-18(20)17-24(2)3/h8,10,13,15,18,20H,4-7,9,11-12,14,16-17H2,1-3H3,(H,23,25)/p+1/t18-,20+/m1/s1. The van der Waals surface area contributed by atoms with E-state index in [9.17, 15) is 4.79 Å². The van der Waals surface area contributed by atoms with E-state index >= 15 is 0 Å². The first kappa shape index (κ1) is 21.5. The lowest BCUT2D eigenvalue weighted by molar-refractivity contribution is -0.862. The van der Waals surface area contributed by atoms with Crippen molar-refractivity contribution in [3.05, 3.63) is 24.3 Å². The molecule has 0 radical (unpaired) electrons. The molecule has 0 saturated heterocycles. The molecule has 0 aliphatic heterocycles. The van der Waals surface area contributed by atoms with E-state index in [4.69, 9.17) is 9.47 Å². The number of hydrogen-bond donors (Lipinski definition) is 2. The molecule has 1 fully saturated rings. The molecule has 1 saturated carbocycles. The third kappa shape index (κ3) is 7.79. The molecule has 0 heterocycles. The summed E-state index contributed by atoms with van der Waals surface area (Å²) in [5.74, 6) is 1.16. The van der Waals surface area contributed by atoms with E-state index in [1.54, 1.807) is 0 Å². The van der Waals surface area contributed by atoms with Crippen LogP contribution < -0.4 is 15.0 Å². The number of hydrogen-bond acceptors (Lipinski definition) is 3. The topological polar surface area (TPSA) is 52.0 Å². The van der Waals surface area contributed by atoms with Crippen molar-refractivity contribution in [2.45, 2.75) is 64.4 Å². The van der Waals surface area contributed by atoms with Crippen LogP contribution >= 0.6 is 0 Å². The van der Waals surface area contributed by atoms with Crippen LogP contribution in [-0.4, -0.2) is 39.4 Å². The van der Waals surface area contributed by atoms with Gasteiger partial charge in [-0.2, -0.15) is 0 Å². The average molecular weight is 378 g/mol. The van der Waals surface area contributed by atoms with E-state index < -0.39 is 0 Å². The largest absolute Gasteiger partial charge is 0.491 e. The van der Waals surface area contributed by atoms with Crippen LogP contribution in [0.4, 0.5) is 10.5 Å². The van der Waals surface area contributed by atoms with Crippen molar-refractivity contribution in [3.63, 3.8) is 0 Å². The average Bonchev–Trinajstić information content (AvgIpc) is 2.64. The Balaban J connectivity index is 1.87. The van der Waals surface area contributed by atoms with Crippen molar-refractivity contribution in [1.82, 2.24) is 0 Å². The van der Waals surface area contributed by atoms with Gasteiger partial charge in [0.1, 0.15) is 11.9 Å². The van der Waals surface area contributed by atoms with E-state index in [2.05, 4.69) is 26.3 Å². The molecule has 1 aromatic carbocycles. The minimum atomic E-state index is -0.373. The maximum atomic E-state index is 12.5. The number of para-hydroxylation sites is 2. The summed E-state index contributed by atoms with van der Waals surface area (Å²) < 4.78 is 11.7. The summed E-state index contributed by atoms with van der Waals surface area (Å²) in [4.78, 5) is 13.9. The molecule has 152 valence electrons. The highest BCUT2D eigenvalue weighted by Gasteiger charge is 2.30. The fourth-order valence-electron chi connectivity index (χ4n) is 3.77. The zero-order valence-electron chi connectivity index (χ0n) is 17.3. The predicted octanol–water partition coefficient (Wildman–Crippen LogP) is 3.90. The first-order valence-corrected chi connectivity index (χ1v) is 10.6. The maximum Gasteiger partial charge on any atom is 0.412 e. The number of quaternary nitrogens is 1. The number of unbranched alkanes of at least 4 members (excludes halogenated alkanes) is 3. The molecule has 2 atom stereocenters. The fourth-order valence-corrected chi connectivity index (χ4v) is 3.77. The van der Waals surface area contributed by atoms with E-state index in [-0.39, 0.29) is 12.2 Å². The molecule has 1 aliphatic carbocycles. The van der Waals surface area contributed by atoms with Crippen LogP contribution in [0, 0.1) is 5.92 Å². The second kappa shape index (κ2) is 11.9. The van der Waals surface area contributed by atoms with Gasteiger partial charge in [0, 0.05) is 5.92 Å². The number of amides is 1. The number of carbonyl (C=O) groups is 1. The molecular weight excluding hydrogens is 340 g/mol. The zero-order valence-corrected chi connectivity index (χ0v) is 17.3. The highest BCUT2D eigenvalue weighted by molar-refractivity contribution is 5.86. The normalized spacial score (nSPS) is 19.7. The molecule has 2 N–H and O–H groups in total. The van der Waals surface area contributed by atoms with Gasteiger partial charge in [0.05, 0.1) is 32.9 Å². The molecule has 1 aliphatic rings. The van der Waals surface area contributed by atoms with Crippen LogP contribution in [0.25, 0.3) is 0 Å². The van der Waals surface area contributed by atoms with Crippen molar-refractivity contribution in [2.75, 3.05) is 32.6 Å². The summed E-state index contributed by atoms with van der Waals surface area (Å²) >= 11 is 0. The quantitative estimate of drug-likeness (QED) is 0.608. The Labute approximate surface area is 164 Å². The van der Waals surface area contributed by atoms with E-state index in [0.717, 1.165) is 32.2 Å². The first-order valence-electron chi connectivity index (χ1n) is 10.6. The van der Waals surface area contributed by atoms with Crippen molar-refractivity contribution in [3.8, 4) is 5.75 Å². The van der Waals surface area contributed by atoms with Gasteiger partial charge in [-0.3, -0.25) is 5.32 Å². The van der Waals surface area contributed by atoms with Crippen LogP contribution in [0.1, 0.15) is 58.3 Å². The molecular formula is C22H37N2O3+. The van der Waals surface area contributed by atoms with Crippen LogP contribution in [0.3, 0.4) is 0 Å². The van der Waals surface area contributed by atoms with Gasteiger partial charge in [0.2, 0.25) is 0 Å². The number of rotatable bonds is 10. The molecule has 27 heavy (non-hydrogen) atoms. The predicted molar refractivity (Wildman–Crippen MR) is 110 cm³/mol. The monoisotopic (exact) mass is 377 g/mol. The zero-order chi connectivity index (χ0) is 19.5. The molecule has 2 rings (SSSR count). The summed E-state index contributed by atoms with van der Waals surface area (Å²) in [6.45, 7) is 3.90. The summed E-state index contributed by atoms with van der Waals surface area (Å²) in [5, 5.41) is 2.89. The highest BCUT2D eigenvalue weighted by atomic mass is 16.6. The molecule has 1 amide bonds. The molecule has 0 spiro atoms. The SMILES string of the molecule is CCCCCCOc1ccccc1NC(=O)O[C@H]1CCCC[C@@H]1C[NH+](C)C. The van der Waals surface area contributed by atoms with Gasteiger partial charge in [0.15, 0.2) is 0 Å². The second-order valence-electron chi connectivity index (χ2n) is 7.93. The highest BCUT2D eigenvalue weighted by Crippen LogP contribution is 2.28. The fraction of sp³-hybridized carbons (Fsp3) is 0.682. The number of benzene rings is 1. The molecule has 1 aromatic rings. The van der Waals surface area contributed by atoms with Gasteiger partial charge in [-0.25, -0.2) is 4.79 Å². The number of anilines is 1. The molecule has 0 aromatic heterocycles. The second-order valence-corrected chi connectivity index (χ2v) is 7.93. The minimum absolute atomic E-state index is 0.00998. The van der Waals surface area contributed by atoms with Crippen LogP contribution in [0.2, 0.25) is 0 Å². The van der Waals surface area contributed by atoms with Crippen LogP contribution in [-0.2, 0) is 4.74 Å². The molecule has 5 nitrogen and oxygen atoms in total. The minimum Gasteiger partial charge on any atom is -0.491 e. The van der Waals surface area contributed by atoms with Gasteiger partial charge >= 0.3 is 6.09 Å². The number of nitrogens with one attached hydrogen (secondary N) is 2. The Hall–Kier alpha value is -1.75. The van der Waals surface area contributed by atoms with Crippen molar-refractivity contribution < 1.29 is 19.2 Å². The van der Waals surface area contributed by atoms with Crippen molar-refractivity contribution in [1.29, 1.82) is 0 Å². The number of carbonyl (C=O) groups excluding carboxylic acids is 1. The Bertz CT molecular complexity index is 562. The first-order chi connectivity index (χ1) is 13.1. The lowest BCUT2D eigenvalue weighted by atomic mass is 9.86. The summed E-state index contributed by atoms with van der Waals surface area (Å²) in [6.07, 6.45) is 8.74. The third-order valence-electron chi connectivity index (χ3n) is 5.15. The molecule has 0 unspecified atom stereocenters. The summed E-state index contributed by atoms with van der Waals surface area (Å²) in [7, 11) is 4.31. The molecule has 0 bridgehead atoms. The summed E-state index contributed by atoms with van der Waals surface area (Å²) in [5.41, 5.74) is 0.684. The Morgan fingerprint density at radius 2 is 1.93 bits per heavy atom. The Morgan fingerprint density at radius 1 is 1.15 bits per heavy atom. The van der Waals surface area contributed by atoms with Gasteiger partial charge in [-0.05, 0) is 37.8 Å². The lowest BCUT2D eigenvalue weighted by Gasteiger charge is -2.31. The van der Waals surface area contributed by atoms with Crippen LogP contribution in [0.15, 0.2) is 24.3 Å². The van der Waals surface area contributed by atoms with Crippen molar-refractivity contribution in [2.24, 2.45) is 5.92 Å². The maximum absolute atomic E-state index is 12.5. The van der Waals surface area contributed by atoms with Crippen molar-refractivity contribution >= 4 is 11.8 Å². The number of ether oxygens (including phenoxy) is 2. The van der Waals surface area contributed by atoms with Gasteiger partial charge in [-0.1, -0.05) is 44.7 Å². The third-order valence-corrected chi connectivity index (χ3v) is 5.15. The Morgan fingerprint density at radius 3 is 2.70 bits per heavy atom. The molecule has 5 heteroatoms. The van der Waals surface area contributed by atoms with E-state index in [1.807, 2.05) is 24.3 Å². The van der Waals surface area contributed by atoms with Crippen LogP contribution in [0.5, 0.6) is 5.75 Å². The van der Waals surface area contributed by atoms with Gasteiger partial charge in [0.25, 0.3) is 0 Å². The van der Waals surface area contributed by atoms with Gasteiger partial charge in [-0.15, -0.1) is 0 Å². The lowest BCUT2D eigenvalue weighted by Crippen LogP contribution is -3.06. The Kier molecular flexibility index (Phi) is 9.46. The smallest absolute Gasteiger partial charge is 0.412 e.